The third kappa shape index (κ3) is 7.09. The van der Waals surface area contributed by atoms with Gasteiger partial charge in [-0.1, -0.05) is 17.8 Å². The Morgan fingerprint density at radius 2 is 1.91 bits per heavy atom. The van der Waals surface area contributed by atoms with Crippen LogP contribution in [0.5, 0.6) is 0 Å². The van der Waals surface area contributed by atoms with Gasteiger partial charge in [0.25, 0.3) is 0 Å². The molecule has 0 N–H and O–H groups in total. The number of esters is 2. The van der Waals surface area contributed by atoms with Crippen LogP contribution >= 0.6 is 23.5 Å². The fraction of sp³-hybridized carbons (Fsp3) is 0.438. The first-order chi connectivity index (χ1) is 11.0. The average Bonchev–Trinajstić information content (AvgIpc) is 2.56. The van der Waals surface area contributed by atoms with Crippen LogP contribution in [-0.2, 0) is 19.1 Å². The molecule has 0 fully saturated rings. The molecule has 23 heavy (non-hydrogen) atoms. The van der Waals surface area contributed by atoms with Crippen LogP contribution in [0.4, 0.5) is 0 Å². The summed E-state index contributed by atoms with van der Waals surface area (Å²) in [7, 11) is 2.68. The van der Waals surface area contributed by atoms with Crippen LogP contribution in [0, 0.1) is 0 Å². The first-order valence-corrected chi connectivity index (χ1v) is 8.90. The summed E-state index contributed by atoms with van der Waals surface area (Å²) in [4.78, 5) is 35.2. The number of hydrogen-bond acceptors (Lipinski definition) is 7. The van der Waals surface area contributed by atoms with E-state index in [-0.39, 0.29) is 16.3 Å². The molecule has 0 spiro atoms. The second kappa shape index (κ2) is 10.3. The summed E-state index contributed by atoms with van der Waals surface area (Å²) in [5.74, 6) is -0.0581. The average molecular weight is 356 g/mol. The Hall–Kier alpha value is -1.47. The van der Waals surface area contributed by atoms with Crippen LogP contribution in [0.2, 0.25) is 0 Å². The highest BCUT2D eigenvalue weighted by atomic mass is 32.2. The molecule has 0 aromatic heterocycles. The van der Waals surface area contributed by atoms with Gasteiger partial charge in [-0.2, -0.15) is 0 Å². The molecule has 0 aliphatic carbocycles. The van der Waals surface area contributed by atoms with Crippen LogP contribution in [0.25, 0.3) is 0 Å². The summed E-state index contributed by atoms with van der Waals surface area (Å²) in [6, 6.07) is 6.93. The van der Waals surface area contributed by atoms with Crippen molar-refractivity contribution < 1.29 is 23.9 Å². The largest absolute Gasteiger partial charge is 0.468 e. The standard InChI is InChI=1S/C16H20O5S2/c1-11(17)22-9-5-8-14(16(19)21-3)23-13-7-4-6-12(10-13)15(18)20-2/h4,6-7,10,14H,5,8-9H2,1-3H3/t14-/m1/s1. The Bertz CT molecular complexity index is 559. The van der Waals surface area contributed by atoms with Crippen LogP contribution in [0.1, 0.15) is 30.1 Å². The molecule has 0 aliphatic heterocycles. The van der Waals surface area contributed by atoms with Crippen molar-refractivity contribution in [1.29, 1.82) is 0 Å². The molecule has 0 radical (unpaired) electrons. The molecule has 126 valence electrons. The summed E-state index contributed by atoms with van der Waals surface area (Å²) in [5, 5.41) is -0.307. The van der Waals surface area contributed by atoms with Gasteiger partial charge in [0, 0.05) is 17.6 Å². The molecule has 7 heteroatoms. The molecule has 1 rings (SSSR count). The van der Waals surface area contributed by atoms with E-state index in [4.69, 9.17) is 9.47 Å². The second-order valence-electron chi connectivity index (χ2n) is 4.63. The minimum absolute atomic E-state index is 0.0676. The minimum atomic E-state index is -0.417. The van der Waals surface area contributed by atoms with E-state index in [9.17, 15) is 14.4 Å². The molecule has 5 nitrogen and oxygen atoms in total. The molecule has 0 amide bonds. The van der Waals surface area contributed by atoms with Gasteiger partial charge in [0.1, 0.15) is 5.25 Å². The van der Waals surface area contributed by atoms with Gasteiger partial charge in [-0.25, -0.2) is 4.79 Å². The quantitative estimate of drug-likeness (QED) is 0.402. The molecule has 1 atom stereocenters. The van der Waals surface area contributed by atoms with Gasteiger partial charge in [-0.3, -0.25) is 9.59 Å². The molecule has 1 aromatic rings. The fourth-order valence-electron chi connectivity index (χ4n) is 1.82. The van der Waals surface area contributed by atoms with Crippen molar-refractivity contribution in [3.8, 4) is 0 Å². The molecule has 0 heterocycles. The van der Waals surface area contributed by atoms with Crippen molar-refractivity contribution in [3.05, 3.63) is 29.8 Å². The van der Waals surface area contributed by atoms with E-state index in [1.807, 2.05) is 6.07 Å². The highest BCUT2D eigenvalue weighted by Gasteiger charge is 2.21. The number of thioether (sulfide) groups is 2. The molecular formula is C16H20O5S2. The van der Waals surface area contributed by atoms with Crippen LogP contribution in [-0.4, -0.2) is 42.3 Å². The molecule has 0 unspecified atom stereocenters. The zero-order valence-electron chi connectivity index (χ0n) is 13.4. The third-order valence-electron chi connectivity index (χ3n) is 2.91. The minimum Gasteiger partial charge on any atom is -0.468 e. The summed E-state index contributed by atoms with van der Waals surface area (Å²) >= 11 is 2.59. The smallest absolute Gasteiger partial charge is 0.337 e. The van der Waals surface area contributed by atoms with E-state index in [0.29, 0.717) is 17.7 Å². The van der Waals surface area contributed by atoms with Crippen LogP contribution in [0.3, 0.4) is 0 Å². The van der Waals surface area contributed by atoms with E-state index in [2.05, 4.69) is 0 Å². The molecule has 0 bridgehead atoms. The normalized spacial score (nSPS) is 11.6. The Morgan fingerprint density at radius 3 is 2.52 bits per heavy atom. The van der Waals surface area contributed by atoms with Crippen LogP contribution < -0.4 is 0 Å². The SMILES string of the molecule is COC(=O)c1cccc(S[C@H](CCCSC(C)=O)C(=O)OC)c1. The lowest BCUT2D eigenvalue weighted by molar-refractivity contribution is -0.140. The Balaban J connectivity index is 2.71. The van der Waals surface area contributed by atoms with Crippen molar-refractivity contribution in [2.75, 3.05) is 20.0 Å². The molecule has 0 saturated heterocycles. The molecule has 1 aromatic carbocycles. The molecular weight excluding hydrogens is 336 g/mol. The highest BCUT2D eigenvalue weighted by molar-refractivity contribution is 8.13. The van der Waals surface area contributed by atoms with Crippen molar-refractivity contribution in [3.63, 3.8) is 0 Å². The van der Waals surface area contributed by atoms with Gasteiger partial charge in [0.15, 0.2) is 5.12 Å². The van der Waals surface area contributed by atoms with E-state index in [1.54, 1.807) is 18.2 Å². The fourth-order valence-corrected chi connectivity index (χ4v) is 3.58. The van der Waals surface area contributed by atoms with Gasteiger partial charge in [0.2, 0.25) is 0 Å². The number of carbonyl (C=O) groups is 3. The lowest BCUT2D eigenvalue weighted by Crippen LogP contribution is -2.19. The number of carbonyl (C=O) groups excluding carboxylic acids is 3. The zero-order chi connectivity index (χ0) is 17.2. The Labute approximate surface area is 144 Å². The van der Waals surface area contributed by atoms with E-state index in [0.717, 1.165) is 11.3 Å². The van der Waals surface area contributed by atoms with Crippen molar-refractivity contribution in [2.45, 2.75) is 29.9 Å². The number of methoxy groups -OCH3 is 2. The molecule has 0 aliphatic rings. The Morgan fingerprint density at radius 1 is 1.17 bits per heavy atom. The van der Waals surface area contributed by atoms with Crippen molar-refractivity contribution in [2.24, 2.45) is 0 Å². The van der Waals surface area contributed by atoms with Crippen molar-refractivity contribution in [1.82, 2.24) is 0 Å². The Kier molecular flexibility index (Phi) is 8.79. The van der Waals surface area contributed by atoms with Gasteiger partial charge in [0.05, 0.1) is 19.8 Å². The highest BCUT2D eigenvalue weighted by Crippen LogP contribution is 2.28. The number of ether oxygens (including phenoxy) is 2. The predicted molar refractivity (Wildman–Crippen MR) is 91.8 cm³/mol. The number of benzene rings is 1. The van der Waals surface area contributed by atoms with Gasteiger partial charge in [-0.15, -0.1) is 11.8 Å². The number of hydrogen-bond donors (Lipinski definition) is 0. The monoisotopic (exact) mass is 356 g/mol. The lowest BCUT2D eigenvalue weighted by Gasteiger charge is -2.14. The summed E-state index contributed by atoms with van der Waals surface area (Å²) in [5.41, 5.74) is 0.438. The van der Waals surface area contributed by atoms with Crippen LogP contribution in [0.15, 0.2) is 29.2 Å². The first kappa shape index (κ1) is 19.6. The van der Waals surface area contributed by atoms with E-state index < -0.39 is 5.97 Å². The maximum absolute atomic E-state index is 11.9. The first-order valence-electron chi connectivity index (χ1n) is 7.04. The summed E-state index contributed by atoms with van der Waals surface area (Å²) in [6.07, 6.45) is 1.33. The van der Waals surface area contributed by atoms with Gasteiger partial charge in [-0.05, 0) is 31.0 Å². The topological polar surface area (TPSA) is 69.7 Å². The maximum atomic E-state index is 11.9. The second-order valence-corrected chi connectivity index (χ2v) is 7.18. The van der Waals surface area contributed by atoms with Crippen molar-refractivity contribution >= 4 is 40.6 Å². The third-order valence-corrected chi connectivity index (χ3v) is 5.05. The van der Waals surface area contributed by atoms with E-state index >= 15 is 0 Å². The van der Waals surface area contributed by atoms with E-state index in [1.165, 1.54) is 44.7 Å². The number of rotatable bonds is 8. The lowest BCUT2D eigenvalue weighted by atomic mass is 10.2. The molecule has 0 saturated carbocycles. The zero-order valence-corrected chi connectivity index (χ0v) is 15.0. The van der Waals surface area contributed by atoms with Gasteiger partial charge < -0.3 is 9.47 Å². The maximum Gasteiger partial charge on any atom is 0.337 e. The van der Waals surface area contributed by atoms with Gasteiger partial charge >= 0.3 is 11.9 Å². The summed E-state index contributed by atoms with van der Waals surface area (Å²) < 4.78 is 9.53. The summed E-state index contributed by atoms with van der Waals surface area (Å²) in [6.45, 7) is 1.52. The predicted octanol–water partition coefficient (Wildman–Crippen LogP) is 3.17.